The van der Waals surface area contributed by atoms with Crippen LogP contribution in [-0.4, -0.2) is 21.3 Å². The molecule has 86 valence electrons. The average Bonchev–Trinajstić information content (AvgIpc) is 2.36. The largest absolute Gasteiger partial charge is 0.501 e. The molecule has 0 N–H and O–H groups in total. The Morgan fingerprint density at radius 1 is 1.00 bits per heavy atom. The van der Waals surface area contributed by atoms with Crippen molar-refractivity contribution < 1.29 is 14.2 Å². The smallest absolute Gasteiger partial charge is 0.164 e. The molecule has 3 heteroatoms. The van der Waals surface area contributed by atoms with Crippen LogP contribution in [-0.2, 0) is 17.6 Å². The number of hydrogen-bond acceptors (Lipinski definition) is 3. The molecule has 0 unspecified atom stereocenters. The van der Waals surface area contributed by atoms with E-state index < -0.39 is 0 Å². The van der Waals surface area contributed by atoms with Crippen LogP contribution in [0.25, 0.3) is 0 Å². The normalized spacial score (nSPS) is 13.8. The quantitative estimate of drug-likeness (QED) is 0.782. The predicted molar refractivity (Wildman–Crippen MR) is 62.0 cm³/mol. The number of hydrogen-bond donors (Lipinski definition) is 0. The molecule has 0 radical (unpaired) electrons. The minimum Gasteiger partial charge on any atom is -0.501 e. The van der Waals surface area contributed by atoms with Crippen LogP contribution in [0.15, 0.2) is 24.0 Å². The second kappa shape index (κ2) is 4.47. The Bertz CT molecular complexity index is 421. The molecule has 1 aromatic carbocycles. The standard InChI is InChI=1S/C13H16O3/c1-14-10-5-6-11-9(8-10)4-7-12(15-2)13(11)16-3/h4-5,7H,6,8H2,1-3H3. The Morgan fingerprint density at radius 2 is 1.81 bits per heavy atom. The molecule has 0 fully saturated rings. The highest BCUT2D eigenvalue weighted by Crippen LogP contribution is 2.36. The van der Waals surface area contributed by atoms with Crippen molar-refractivity contribution in [3.63, 3.8) is 0 Å². The van der Waals surface area contributed by atoms with Gasteiger partial charge in [-0.1, -0.05) is 6.07 Å². The molecular formula is C13H16O3. The Hall–Kier alpha value is -1.64. The van der Waals surface area contributed by atoms with Crippen molar-refractivity contribution >= 4 is 0 Å². The monoisotopic (exact) mass is 220 g/mol. The van der Waals surface area contributed by atoms with Crippen LogP contribution in [0.2, 0.25) is 0 Å². The van der Waals surface area contributed by atoms with Crippen LogP contribution in [0.1, 0.15) is 11.1 Å². The van der Waals surface area contributed by atoms with Gasteiger partial charge in [0.05, 0.1) is 27.1 Å². The summed E-state index contributed by atoms with van der Waals surface area (Å²) in [7, 11) is 5.04. The lowest BCUT2D eigenvalue weighted by Crippen LogP contribution is -2.07. The van der Waals surface area contributed by atoms with Crippen molar-refractivity contribution in [2.24, 2.45) is 0 Å². The maximum absolute atomic E-state index is 5.41. The average molecular weight is 220 g/mol. The predicted octanol–water partition coefficient (Wildman–Crippen LogP) is 2.33. The van der Waals surface area contributed by atoms with E-state index in [0.717, 1.165) is 30.1 Å². The van der Waals surface area contributed by atoms with Gasteiger partial charge < -0.3 is 14.2 Å². The molecule has 0 aliphatic heterocycles. The summed E-state index contributed by atoms with van der Waals surface area (Å²) in [6, 6.07) is 4.01. The van der Waals surface area contributed by atoms with Gasteiger partial charge in [0, 0.05) is 12.0 Å². The summed E-state index contributed by atoms with van der Waals surface area (Å²) in [5.41, 5.74) is 2.44. The van der Waals surface area contributed by atoms with E-state index in [2.05, 4.69) is 12.1 Å². The lowest BCUT2D eigenvalue weighted by Gasteiger charge is -2.20. The van der Waals surface area contributed by atoms with Crippen LogP contribution >= 0.6 is 0 Å². The molecule has 1 aliphatic rings. The van der Waals surface area contributed by atoms with E-state index in [-0.39, 0.29) is 0 Å². The third kappa shape index (κ3) is 1.73. The van der Waals surface area contributed by atoms with Gasteiger partial charge in [-0.05, 0) is 24.1 Å². The minimum absolute atomic E-state index is 0.788. The highest BCUT2D eigenvalue weighted by molar-refractivity contribution is 5.53. The summed E-state index contributed by atoms with van der Waals surface area (Å²) in [5, 5.41) is 0. The van der Waals surface area contributed by atoms with Crippen molar-refractivity contribution in [1.82, 2.24) is 0 Å². The molecule has 3 nitrogen and oxygen atoms in total. The van der Waals surface area contributed by atoms with Crippen LogP contribution in [0.4, 0.5) is 0 Å². The van der Waals surface area contributed by atoms with Crippen LogP contribution in [0, 0.1) is 0 Å². The third-order valence-electron chi connectivity index (χ3n) is 2.91. The lowest BCUT2D eigenvalue weighted by molar-refractivity contribution is 0.279. The van der Waals surface area contributed by atoms with Crippen LogP contribution in [0.5, 0.6) is 11.5 Å². The molecule has 0 aromatic heterocycles. The van der Waals surface area contributed by atoms with Gasteiger partial charge in [0.25, 0.3) is 0 Å². The number of ether oxygens (including phenoxy) is 3. The highest BCUT2D eigenvalue weighted by Gasteiger charge is 2.18. The fraction of sp³-hybridized carbons (Fsp3) is 0.385. The molecular weight excluding hydrogens is 204 g/mol. The van der Waals surface area contributed by atoms with Gasteiger partial charge in [-0.15, -0.1) is 0 Å². The first-order chi connectivity index (χ1) is 7.80. The van der Waals surface area contributed by atoms with Gasteiger partial charge in [-0.3, -0.25) is 0 Å². The number of allylic oxidation sites excluding steroid dienone is 2. The van der Waals surface area contributed by atoms with Gasteiger partial charge in [0.2, 0.25) is 0 Å². The van der Waals surface area contributed by atoms with Crippen molar-refractivity contribution in [3.05, 3.63) is 35.1 Å². The molecule has 0 atom stereocenters. The fourth-order valence-corrected chi connectivity index (χ4v) is 2.05. The molecule has 2 rings (SSSR count). The summed E-state index contributed by atoms with van der Waals surface area (Å²) in [6.07, 6.45) is 3.75. The molecule has 0 bridgehead atoms. The van der Waals surface area contributed by atoms with Gasteiger partial charge in [0.1, 0.15) is 0 Å². The SMILES string of the molecule is COC1=CCc2c(ccc(OC)c2OC)C1. The molecule has 0 spiro atoms. The Morgan fingerprint density at radius 3 is 2.44 bits per heavy atom. The van der Waals surface area contributed by atoms with Gasteiger partial charge in [-0.25, -0.2) is 0 Å². The van der Waals surface area contributed by atoms with E-state index in [1.165, 1.54) is 11.1 Å². The van der Waals surface area contributed by atoms with Crippen LogP contribution < -0.4 is 9.47 Å². The second-order valence-corrected chi connectivity index (χ2v) is 3.69. The number of benzene rings is 1. The molecule has 0 saturated carbocycles. The van der Waals surface area contributed by atoms with Crippen molar-refractivity contribution in [2.75, 3.05) is 21.3 Å². The molecule has 16 heavy (non-hydrogen) atoms. The third-order valence-corrected chi connectivity index (χ3v) is 2.91. The first-order valence-electron chi connectivity index (χ1n) is 5.26. The van der Waals surface area contributed by atoms with Gasteiger partial charge in [-0.2, -0.15) is 0 Å². The van der Waals surface area contributed by atoms with Crippen molar-refractivity contribution in [2.45, 2.75) is 12.8 Å². The van der Waals surface area contributed by atoms with E-state index in [4.69, 9.17) is 14.2 Å². The van der Waals surface area contributed by atoms with Gasteiger partial charge >= 0.3 is 0 Å². The van der Waals surface area contributed by atoms with E-state index in [0.29, 0.717) is 0 Å². The maximum atomic E-state index is 5.41. The Kier molecular flexibility index (Phi) is 3.04. The van der Waals surface area contributed by atoms with E-state index in [1.54, 1.807) is 21.3 Å². The summed E-state index contributed by atoms with van der Waals surface area (Å²) in [6.45, 7) is 0. The second-order valence-electron chi connectivity index (χ2n) is 3.69. The molecule has 0 saturated heterocycles. The maximum Gasteiger partial charge on any atom is 0.164 e. The number of methoxy groups -OCH3 is 3. The number of rotatable bonds is 3. The van der Waals surface area contributed by atoms with E-state index >= 15 is 0 Å². The zero-order valence-corrected chi connectivity index (χ0v) is 9.87. The van der Waals surface area contributed by atoms with Gasteiger partial charge in [0.15, 0.2) is 11.5 Å². The Labute approximate surface area is 95.6 Å². The minimum atomic E-state index is 0.788. The highest BCUT2D eigenvalue weighted by atomic mass is 16.5. The van der Waals surface area contributed by atoms with E-state index in [1.807, 2.05) is 6.07 Å². The first kappa shape index (κ1) is 10.9. The topological polar surface area (TPSA) is 27.7 Å². The molecule has 1 aromatic rings. The fourth-order valence-electron chi connectivity index (χ4n) is 2.05. The van der Waals surface area contributed by atoms with E-state index in [9.17, 15) is 0 Å². The summed E-state index contributed by atoms with van der Waals surface area (Å²) < 4.78 is 16.0. The lowest BCUT2D eigenvalue weighted by atomic mass is 9.94. The summed E-state index contributed by atoms with van der Waals surface area (Å²) >= 11 is 0. The first-order valence-corrected chi connectivity index (χ1v) is 5.26. The number of fused-ring (bicyclic) bond motifs is 1. The Balaban J connectivity index is 2.43. The summed E-state index contributed by atoms with van der Waals surface area (Å²) in [4.78, 5) is 0. The van der Waals surface area contributed by atoms with Crippen molar-refractivity contribution in [3.8, 4) is 11.5 Å². The molecule has 0 amide bonds. The molecule has 0 heterocycles. The molecule has 1 aliphatic carbocycles. The zero-order chi connectivity index (χ0) is 11.5. The summed E-state index contributed by atoms with van der Waals surface area (Å²) in [5.74, 6) is 2.64. The van der Waals surface area contributed by atoms with Crippen molar-refractivity contribution in [1.29, 1.82) is 0 Å². The zero-order valence-electron chi connectivity index (χ0n) is 9.87. The van der Waals surface area contributed by atoms with Crippen LogP contribution in [0.3, 0.4) is 0 Å².